The first-order chi connectivity index (χ1) is 6.27. The molecule has 0 aliphatic carbocycles. The molecular weight excluding hydrogens is 186 g/mol. The Hall–Kier alpha value is -0.830. The molecule has 0 spiro atoms. The third-order valence-electron chi connectivity index (χ3n) is 1.82. The third-order valence-corrected chi connectivity index (χ3v) is 2.03. The van der Waals surface area contributed by atoms with Gasteiger partial charge in [-0.05, 0) is 13.3 Å². The minimum atomic E-state index is 0.500. The molecule has 0 amide bonds. The monoisotopic (exact) mass is 199 g/mol. The highest BCUT2D eigenvalue weighted by Crippen LogP contribution is 2.13. The molecule has 3 nitrogen and oxygen atoms in total. The Morgan fingerprint density at radius 3 is 2.69 bits per heavy atom. The molecule has 0 aromatic carbocycles. The second-order valence-corrected chi connectivity index (χ2v) is 3.17. The van der Waals surface area contributed by atoms with E-state index in [0.29, 0.717) is 5.15 Å². The largest absolute Gasteiger partial charge is 0.357 e. The van der Waals surface area contributed by atoms with Gasteiger partial charge in [0.25, 0.3) is 0 Å². The summed E-state index contributed by atoms with van der Waals surface area (Å²) in [7, 11) is 0. The fourth-order valence-corrected chi connectivity index (χ4v) is 1.34. The topological polar surface area (TPSA) is 29.0 Å². The average molecular weight is 200 g/mol. The Balaban J connectivity index is 2.78. The maximum absolute atomic E-state index is 5.77. The molecule has 0 saturated heterocycles. The van der Waals surface area contributed by atoms with Crippen molar-refractivity contribution in [2.75, 3.05) is 18.0 Å². The van der Waals surface area contributed by atoms with Crippen LogP contribution in [0.3, 0.4) is 0 Å². The van der Waals surface area contributed by atoms with E-state index in [1.165, 1.54) is 6.33 Å². The fraction of sp³-hybridized carbons (Fsp3) is 0.556. The van der Waals surface area contributed by atoms with Crippen LogP contribution in [0.1, 0.15) is 20.3 Å². The molecule has 1 rings (SSSR count). The van der Waals surface area contributed by atoms with E-state index < -0.39 is 0 Å². The molecule has 0 unspecified atom stereocenters. The second kappa shape index (κ2) is 5.02. The Morgan fingerprint density at radius 1 is 1.38 bits per heavy atom. The van der Waals surface area contributed by atoms with Crippen molar-refractivity contribution in [3.8, 4) is 0 Å². The van der Waals surface area contributed by atoms with Crippen molar-refractivity contribution in [3.63, 3.8) is 0 Å². The van der Waals surface area contributed by atoms with Gasteiger partial charge in [-0.3, -0.25) is 0 Å². The van der Waals surface area contributed by atoms with Gasteiger partial charge in [0, 0.05) is 19.2 Å². The summed E-state index contributed by atoms with van der Waals surface area (Å²) in [5.74, 6) is 0.907. The molecule has 4 heteroatoms. The lowest BCUT2D eigenvalue weighted by Crippen LogP contribution is -2.24. The molecule has 0 radical (unpaired) electrons. The predicted molar refractivity (Wildman–Crippen MR) is 55.2 cm³/mol. The molecular formula is C9H14ClN3. The zero-order valence-corrected chi connectivity index (χ0v) is 8.75. The number of aromatic nitrogens is 2. The number of halogens is 1. The van der Waals surface area contributed by atoms with Crippen molar-refractivity contribution in [2.24, 2.45) is 0 Å². The molecule has 72 valence electrons. The first-order valence-electron chi connectivity index (χ1n) is 4.50. The molecule has 0 aliphatic heterocycles. The van der Waals surface area contributed by atoms with Crippen LogP contribution in [0.5, 0.6) is 0 Å². The maximum Gasteiger partial charge on any atom is 0.134 e. The second-order valence-electron chi connectivity index (χ2n) is 2.78. The summed E-state index contributed by atoms with van der Waals surface area (Å²) < 4.78 is 0. The molecule has 0 aliphatic rings. The van der Waals surface area contributed by atoms with Gasteiger partial charge < -0.3 is 4.90 Å². The molecule has 1 aromatic rings. The first kappa shape index (κ1) is 10.3. The summed E-state index contributed by atoms with van der Waals surface area (Å²) >= 11 is 5.77. The number of rotatable bonds is 4. The number of anilines is 1. The summed E-state index contributed by atoms with van der Waals surface area (Å²) in [5, 5.41) is 0.500. The normalized spacial score (nSPS) is 10.1. The van der Waals surface area contributed by atoms with Crippen molar-refractivity contribution < 1.29 is 0 Å². The number of hydrogen-bond acceptors (Lipinski definition) is 3. The summed E-state index contributed by atoms with van der Waals surface area (Å²) in [6.45, 7) is 6.20. The van der Waals surface area contributed by atoms with Crippen LogP contribution >= 0.6 is 11.6 Å². The van der Waals surface area contributed by atoms with E-state index in [-0.39, 0.29) is 0 Å². The van der Waals surface area contributed by atoms with Gasteiger partial charge in [-0.25, -0.2) is 9.97 Å². The van der Waals surface area contributed by atoms with Crippen LogP contribution in [0.15, 0.2) is 12.4 Å². The summed E-state index contributed by atoms with van der Waals surface area (Å²) in [5.41, 5.74) is 0. The lowest BCUT2D eigenvalue weighted by molar-refractivity contribution is 0.776. The highest BCUT2D eigenvalue weighted by molar-refractivity contribution is 6.29. The van der Waals surface area contributed by atoms with Gasteiger partial charge in [0.1, 0.15) is 17.3 Å². The van der Waals surface area contributed by atoms with Crippen LogP contribution < -0.4 is 4.90 Å². The van der Waals surface area contributed by atoms with E-state index in [0.717, 1.165) is 25.3 Å². The van der Waals surface area contributed by atoms with Crippen molar-refractivity contribution in [2.45, 2.75) is 20.3 Å². The van der Waals surface area contributed by atoms with Crippen LogP contribution in [0.25, 0.3) is 0 Å². The SMILES string of the molecule is CCCN(CC)c1cc(Cl)ncn1. The van der Waals surface area contributed by atoms with Gasteiger partial charge in [-0.2, -0.15) is 0 Å². The zero-order valence-electron chi connectivity index (χ0n) is 8.00. The van der Waals surface area contributed by atoms with Gasteiger partial charge in [0.2, 0.25) is 0 Å². The van der Waals surface area contributed by atoms with Crippen LogP contribution in [0.4, 0.5) is 5.82 Å². The Labute approximate surface area is 83.8 Å². The van der Waals surface area contributed by atoms with Crippen LogP contribution in [0, 0.1) is 0 Å². The van der Waals surface area contributed by atoms with Crippen molar-refractivity contribution >= 4 is 17.4 Å². The van der Waals surface area contributed by atoms with Crippen LogP contribution in [-0.2, 0) is 0 Å². The Morgan fingerprint density at radius 2 is 2.15 bits per heavy atom. The van der Waals surface area contributed by atoms with E-state index in [2.05, 4.69) is 28.7 Å². The average Bonchev–Trinajstić information content (AvgIpc) is 2.14. The predicted octanol–water partition coefficient (Wildman–Crippen LogP) is 2.37. The summed E-state index contributed by atoms with van der Waals surface area (Å²) in [6.07, 6.45) is 2.60. The molecule has 0 bridgehead atoms. The van der Waals surface area contributed by atoms with Gasteiger partial charge in [-0.15, -0.1) is 0 Å². The van der Waals surface area contributed by atoms with E-state index in [4.69, 9.17) is 11.6 Å². The highest BCUT2D eigenvalue weighted by atomic mass is 35.5. The number of hydrogen-bond donors (Lipinski definition) is 0. The lowest BCUT2D eigenvalue weighted by Gasteiger charge is -2.20. The van der Waals surface area contributed by atoms with E-state index >= 15 is 0 Å². The minimum absolute atomic E-state index is 0.500. The van der Waals surface area contributed by atoms with Crippen LogP contribution in [0.2, 0.25) is 5.15 Å². The molecule has 0 N–H and O–H groups in total. The molecule has 0 atom stereocenters. The van der Waals surface area contributed by atoms with Gasteiger partial charge >= 0.3 is 0 Å². The van der Waals surface area contributed by atoms with E-state index in [1.807, 2.05) is 0 Å². The van der Waals surface area contributed by atoms with Crippen molar-refractivity contribution in [3.05, 3.63) is 17.5 Å². The van der Waals surface area contributed by atoms with Crippen LogP contribution in [-0.4, -0.2) is 23.1 Å². The lowest BCUT2D eigenvalue weighted by atomic mass is 10.4. The molecule has 0 saturated carbocycles. The van der Waals surface area contributed by atoms with E-state index in [1.54, 1.807) is 6.07 Å². The molecule has 13 heavy (non-hydrogen) atoms. The smallest absolute Gasteiger partial charge is 0.134 e. The highest BCUT2D eigenvalue weighted by Gasteiger charge is 2.04. The quantitative estimate of drug-likeness (QED) is 0.698. The maximum atomic E-state index is 5.77. The van der Waals surface area contributed by atoms with Gasteiger partial charge in [-0.1, -0.05) is 18.5 Å². The molecule has 0 fully saturated rings. The first-order valence-corrected chi connectivity index (χ1v) is 4.88. The summed E-state index contributed by atoms with van der Waals surface area (Å²) in [4.78, 5) is 10.2. The number of nitrogens with zero attached hydrogens (tertiary/aromatic N) is 3. The van der Waals surface area contributed by atoms with E-state index in [9.17, 15) is 0 Å². The van der Waals surface area contributed by atoms with Gasteiger partial charge in [0.05, 0.1) is 0 Å². The Bertz CT molecular complexity index is 265. The standard InChI is InChI=1S/C9H14ClN3/c1-3-5-13(4-2)9-6-8(10)11-7-12-9/h6-7H,3-5H2,1-2H3. The van der Waals surface area contributed by atoms with Gasteiger partial charge in [0.15, 0.2) is 0 Å². The summed E-state index contributed by atoms with van der Waals surface area (Å²) in [6, 6.07) is 1.79. The minimum Gasteiger partial charge on any atom is -0.357 e. The van der Waals surface area contributed by atoms with Crippen molar-refractivity contribution in [1.29, 1.82) is 0 Å². The van der Waals surface area contributed by atoms with Crippen molar-refractivity contribution in [1.82, 2.24) is 9.97 Å². The zero-order chi connectivity index (χ0) is 9.68. The molecule has 1 heterocycles. The fourth-order valence-electron chi connectivity index (χ4n) is 1.20. The third kappa shape index (κ3) is 2.84. The molecule has 1 aromatic heterocycles. The Kier molecular flexibility index (Phi) is 3.96.